The first-order chi connectivity index (χ1) is 30.9. The second-order valence-corrected chi connectivity index (χ2v) is 14.8. The molecule has 0 heterocycles. The van der Waals surface area contributed by atoms with Gasteiger partial charge in [-0.3, -0.25) is 0 Å². The Bertz CT molecular complexity index is 1580. The zero-order valence-corrected chi connectivity index (χ0v) is 46.7. The maximum Gasteiger partial charge on any atom is -0.00333 e. The van der Waals surface area contributed by atoms with Crippen LogP contribution < -0.4 is 0 Å². The van der Waals surface area contributed by atoms with Crippen molar-refractivity contribution in [3.63, 3.8) is 0 Å². The van der Waals surface area contributed by atoms with E-state index in [1.807, 2.05) is 83.1 Å². The van der Waals surface area contributed by atoms with Gasteiger partial charge in [0.1, 0.15) is 0 Å². The smallest absolute Gasteiger partial charge is 0.00333 e. The molecule has 4 aliphatic carbocycles. The van der Waals surface area contributed by atoms with E-state index < -0.39 is 0 Å². The molecule has 4 aromatic rings. The van der Waals surface area contributed by atoms with Crippen LogP contribution >= 0.6 is 0 Å². The van der Waals surface area contributed by atoms with Gasteiger partial charge >= 0.3 is 0 Å². The number of hydrogen-bond donors (Lipinski definition) is 0. The van der Waals surface area contributed by atoms with E-state index >= 15 is 0 Å². The second-order valence-electron chi connectivity index (χ2n) is 14.8. The first kappa shape index (κ1) is 66.8. The molecule has 364 valence electrons. The molecule has 0 aromatic heterocycles. The van der Waals surface area contributed by atoms with Gasteiger partial charge in [-0.15, -0.1) is 0 Å². The van der Waals surface area contributed by atoms with E-state index in [1.165, 1.54) is 66.1 Å². The van der Waals surface area contributed by atoms with Crippen LogP contribution in [0.2, 0.25) is 0 Å². The van der Waals surface area contributed by atoms with Crippen molar-refractivity contribution in [2.24, 2.45) is 0 Å². The average molecular weight is 882 g/mol. The number of rotatable bonds is 4. The lowest BCUT2D eigenvalue weighted by Gasteiger charge is -2.09. The highest BCUT2D eigenvalue weighted by atomic mass is 15.0. The normalized spacial score (nSPS) is 11.4. The minimum atomic E-state index is 1.10. The molecule has 0 amide bonds. The van der Waals surface area contributed by atoms with E-state index in [9.17, 15) is 0 Å². The number of hydrogen-bond acceptors (Lipinski definition) is 4. The van der Waals surface area contributed by atoms with Crippen molar-refractivity contribution in [2.45, 2.75) is 136 Å². The van der Waals surface area contributed by atoms with Gasteiger partial charge in [0.2, 0.25) is 0 Å². The molecule has 0 aliphatic heterocycles. The molecule has 8 rings (SSSR count). The molecule has 64 heavy (non-hydrogen) atoms. The summed E-state index contributed by atoms with van der Waals surface area (Å²) in [5.41, 5.74) is 11.7. The third-order valence-corrected chi connectivity index (χ3v) is 9.91. The van der Waals surface area contributed by atoms with Crippen LogP contribution in [0.4, 0.5) is 0 Å². The Morgan fingerprint density at radius 1 is 0.297 bits per heavy atom. The van der Waals surface area contributed by atoms with Crippen LogP contribution in [0.15, 0.2) is 72.8 Å². The van der Waals surface area contributed by atoms with Gasteiger partial charge in [-0.05, 0) is 174 Å². The molecular weight excluding hydrogens is 777 g/mol. The number of fused-ring (bicyclic) bond motifs is 10. The van der Waals surface area contributed by atoms with E-state index in [-0.39, 0.29) is 0 Å². The summed E-state index contributed by atoms with van der Waals surface area (Å²) >= 11 is 0. The van der Waals surface area contributed by atoms with Crippen LogP contribution in [-0.4, -0.2) is 102 Å². The Morgan fingerprint density at radius 2 is 0.453 bits per heavy atom. The highest BCUT2D eigenvalue weighted by Gasteiger charge is 2.16. The van der Waals surface area contributed by atoms with E-state index in [4.69, 9.17) is 0 Å². The van der Waals surface area contributed by atoms with Gasteiger partial charge in [0.15, 0.2) is 0 Å². The van der Waals surface area contributed by atoms with Crippen LogP contribution in [0.3, 0.4) is 0 Å². The van der Waals surface area contributed by atoms with E-state index in [2.05, 4.69) is 201 Å². The molecule has 4 nitrogen and oxygen atoms in total. The lowest BCUT2D eigenvalue weighted by atomic mass is 9.94. The van der Waals surface area contributed by atoms with Gasteiger partial charge in [0.25, 0.3) is 0 Å². The molecule has 0 saturated carbocycles. The monoisotopic (exact) mass is 881 g/mol. The maximum atomic E-state index is 2.28. The van der Waals surface area contributed by atoms with E-state index in [0.717, 1.165) is 51.9 Å². The fourth-order valence-electron chi connectivity index (χ4n) is 5.81. The van der Waals surface area contributed by atoms with Crippen molar-refractivity contribution in [3.8, 4) is 0 Å². The Morgan fingerprint density at radius 3 is 0.594 bits per heavy atom. The summed E-state index contributed by atoms with van der Waals surface area (Å²) < 4.78 is 0. The average Bonchev–Trinajstić information content (AvgIpc) is 4.21. The quantitative estimate of drug-likeness (QED) is 0.202. The van der Waals surface area contributed by atoms with Crippen LogP contribution in [0, 0.1) is 0 Å². The third-order valence-electron chi connectivity index (χ3n) is 9.91. The van der Waals surface area contributed by atoms with Crippen molar-refractivity contribution in [1.82, 2.24) is 19.6 Å². The van der Waals surface area contributed by atoms with Crippen molar-refractivity contribution in [1.29, 1.82) is 0 Å². The van der Waals surface area contributed by atoms with Gasteiger partial charge < -0.3 is 19.6 Å². The second kappa shape index (κ2) is 43.1. The SMILES string of the molecule is C1=Cc2c(ccc3ccc4c(c23)C=CC4)C1.C1=Cc2c(ccc3ccc4c(c23)C=CC4)C1.CC.CC.CC.CC.CC.CC.CCN(C)C.CCN(C)C.CCN(C)C.CCN(C)C. The Labute approximate surface area is 400 Å². The van der Waals surface area contributed by atoms with Gasteiger partial charge in [0, 0.05) is 0 Å². The number of allylic oxidation sites excluding steroid dienone is 4. The molecule has 4 heteroatoms. The molecule has 0 unspecified atom stereocenters. The zero-order valence-electron chi connectivity index (χ0n) is 46.7. The van der Waals surface area contributed by atoms with Crippen molar-refractivity contribution < 1.29 is 0 Å². The van der Waals surface area contributed by atoms with Crippen molar-refractivity contribution in [3.05, 3.63) is 117 Å². The standard InChI is InChI=1S/2C16H12.4C4H11N.6C2H6/c2*1-3-11-7-9-13-10-8-12-4-2-6-15(12)16(13)14(11)5-1;4*1-4-5(2)3;6*1-2/h2*1-2,5-10H,3-4H2;4*4H2,1-3H3;6*1-2H3. The first-order valence-electron chi connectivity index (χ1n) is 25.3. The number of nitrogens with zero attached hydrogens (tertiary/aromatic N) is 4. The molecule has 0 saturated heterocycles. The van der Waals surface area contributed by atoms with Gasteiger partial charge in [0.05, 0.1) is 0 Å². The predicted octanol–water partition coefficient (Wildman–Crippen LogP) is 16.4. The Kier molecular flexibility index (Phi) is 45.0. The highest BCUT2D eigenvalue weighted by Crippen LogP contribution is 2.36. The van der Waals surface area contributed by atoms with E-state index in [1.54, 1.807) is 0 Å². The largest absolute Gasteiger partial charge is 0.310 e. The molecular formula is C60H104N4. The van der Waals surface area contributed by atoms with Gasteiger partial charge in [-0.1, -0.05) is 208 Å². The Balaban J connectivity index is -0.000000348. The van der Waals surface area contributed by atoms with Crippen molar-refractivity contribution >= 4 is 45.8 Å². The summed E-state index contributed by atoms with van der Waals surface area (Å²) in [6.45, 7) is 37.1. The summed E-state index contributed by atoms with van der Waals surface area (Å²) in [6, 6.07) is 18.1. The van der Waals surface area contributed by atoms with Crippen LogP contribution in [-0.2, 0) is 25.7 Å². The van der Waals surface area contributed by atoms with Crippen molar-refractivity contribution in [2.75, 3.05) is 82.6 Å². The predicted molar refractivity (Wildman–Crippen MR) is 304 cm³/mol. The molecule has 0 radical (unpaired) electrons. The Hall–Kier alpha value is -3.80. The molecule has 0 atom stereocenters. The minimum absolute atomic E-state index is 1.10. The van der Waals surface area contributed by atoms with Crippen LogP contribution in [0.5, 0.6) is 0 Å². The van der Waals surface area contributed by atoms with Gasteiger partial charge in [-0.2, -0.15) is 0 Å². The molecule has 4 aliphatic rings. The molecule has 0 fully saturated rings. The van der Waals surface area contributed by atoms with E-state index in [0.29, 0.717) is 0 Å². The lowest BCUT2D eigenvalue weighted by Crippen LogP contribution is -2.08. The fraction of sp³-hybridized carbons (Fsp3) is 0.533. The summed E-state index contributed by atoms with van der Waals surface area (Å²) in [5, 5.41) is 5.65. The molecule has 0 N–H and O–H groups in total. The number of benzene rings is 4. The van der Waals surface area contributed by atoms with Gasteiger partial charge in [-0.25, -0.2) is 0 Å². The first-order valence-corrected chi connectivity index (χ1v) is 25.3. The topological polar surface area (TPSA) is 13.0 Å². The molecule has 0 spiro atoms. The van der Waals surface area contributed by atoms with Crippen LogP contribution in [0.1, 0.15) is 155 Å². The summed E-state index contributed by atoms with van der Waals surface area (Å²) in [4.78, 5) is 8.50. The summed E-state index contributed by atoms with van der Waals surface area (Å²) in [5.74, 6) is 0. The molecule has 0 bridgehead atoms. The maximum absolute atomic E-state index is 2.28. The lowest BCUT2D eigenvalue weighted by molar-refractivity contribution is 0.434. The highest BCUT2D eigenvalue weighted by molar-refractivity contribution is 6.01. The summed E-state index contributed by atoms with van der Waals surface area (Å²) in [6.07, 6.45) is 22.6. The zero-order chi connectivity index (χ0) is 50.2. The molecule has 4 aromatic carbocycles. The fourth-order valence-corrected chi connectivity index (χ4v) is 5.81. The third kappa shape index (κ3) is 24.5. The summed E-state index contributed by atoms with van der Waals surface area (Å²) in [7, 11) is 16.4. The minimum Gasteiger partial charge on any atom is -0.310 e. The van der Waals surface area contributed by atoms with Crippen LogP contribution in [0.25, 0.3) is 45.8 Å².